The van der Waals surface area contributed by atoms with E-state index in [9.17, 15) is 9.59 Å². The fraction of sp³-hybridized carbons (Fsp3) is 0.500. The maximum atomic E-state index is 12.3. The lowest BCUT2D eigenvalue weighted by molar-refractivity contribution is -0.129. The van der Waals surface area contributed by atoms with Gasteiger partial charge in [0.25, 0.3) is 0 Å². The van der Waals surface area contributed by atoms with Gasteiger partial charge in [0.05, 0.1) is 0 Å². The standard InChI is InChI=1S/C16H21ClN2O3/c1-16(2,3)22-15(21)18-13-7-8-19(14(13)20)10-11-5-4-6-12(17)9-11/h4-6,9,13H,7-8,10H2,1-3H3,(H,18,21)/t13-/m0/s1. The van der Waals surface area contributed by atoms with Crippen LogP contribution in [0.2, 0.25) is 5.02 Å². The van der Waals surface area contributed by atoms with Crippen molar-refractivity contribution in [1.29, 1.82) is 0 Å². The Morgan fingerprint density at radius 3 is 2.82 bits per heavy atom. The Morgan fingerprint density at radius 1 is 1.45 bits per heavy atom. The predicted molar refractivity (Wildman–Crippen MR) is 84.6 cm³/mol. The number of amides is 2. The molecule has 0 spiro atoms. The molecule has 0 saturated carbocycles. The van der Waals surface area contributed by atoms with Crippen LogP contribution >= 0.6 is 11.6 Å². The molecule has 0 unspecified atom stereocenters. The molecule has 1 atom stereocenters. The lowest BCUT2D eigenvalue weighted by Gasteiger charge is -2.21. The van der Waals surface area contributed by atoms with Crippen molar-refractivity contribution >= 4 is 23.6 Å². The van der Waals surface area contributed by atoms with Crippen molar-refractivity contribution in [2.24, 2.45) is 0 Å². The van der Waals surface area contributed by atoms with Gasteiger partial charge in [0, 0.05) is 18.1 Å². The summed E-state index contributed by atoms with van der Waals surface area (Å²) in [6, 6.07) is 6.89. The highest BCUT2D eigenvalue weighted by Crippen LogP contribution is 2.18. The smallest absolute Gasteiger partial charge is 0.408 e. The lowest BCUT2D eigenvalue weighted by Crippen LogP contribution is -2.43. The van der Waals surface area contributed by atoms with Crippen molar-refractivity contribution in [2.45, 2.75) is 45.4 Å². The van der Waals surface area contributed by atoms with E-state index in [0.717, 1.165) is 5.56 Å². The number of benzene rings is 1. The van der Waals surface area contributed by atoms with Crippen LogP contribution in [-0.4, -0.2) is 35.1 Å². The van der Waals surface area contributed by atoms with E-state index in [-0.39, 0.29) is 5.91 Å². The second-order valence-corrected chi connectivity index (χ2v) is 6.81. The molecule has 1 heterocycles. The third kappa shape index (κ3) is 4.63. The van der Waals surface area contributed by atoms with Gasteiger partial charge in [-0.15, -0.1) is 0 Å². The average Bonchev–Trinajstić information content (AvgIpc) is 2.69. The van der Waals surface area contributed by atoms with Crippen LogP contribution < -0.4 is 5.32 Å². The van der Waals surface area contributed by atoms with E-state index < -0.39 is 17.7 Å². The number of rotatable bonds is 3. The molecule has 2 rings (SSSR count). The third-order valence-corrected chi connectivity index (χ3v) is 3.49. The van der Waals surface area contributed by atoms with Gasteiger partial charge in [0.2, 0.25) is 5.91 Å². The predicted octanol–water partition coefficient (Wildman–Crippen LogP) is 2.97. The normalized spacial score (nSPS) is 18.5. The van der Waals surface area contributed by atoms with Crippen molar-refractivity contribution in [3.05, 3.63) is 34.9 Å². The number of hydrogen-bond donors (Lipinski definition) is 1. The second-order valence-electron chi connectivity index (χ2n) is 6.38. The van der Waals surface area contributed by atoms with E-state index in [1.807, 2.05) is 18.2 Å². The average molecular weight is 325 g/mol. The molecule has 1 aliphatic heterocycles. The summed E-state index contributed by atoms with van der Waals surface area (Å²) in [6.45, 7) is 6.45. The van der Waals surface area contributed by atoms with Gasteiger partial charge in [-0.05, 0) is 44.9 Å². The van der Waals surface area contributed by atoms with Crippen LogP contribution in [0.5, 0.6) is 0 Å². The van der Waals surface area contributed by atoms with Crippen LogP contribution in [-0.2, 0) is 16.1 Å². The van der Waals surface area contributed by atoms with Crippen molar-refractivity contribution < 1.29 is 14.3 Å². The monoisotopic (exact) mass is 324 g/mol. The molecular weight excluding hydrogens is 304 g/mol. The van der Waals surface area contributed by atoms with Gasteiger partial charge in [-0.3, -0.25) is 4.79 Å². The number of ether oxygens (including phenoxy) is 1. The summed E-state index contributed by atoms with van der Waals surface area (Å²) in [4.78, 5) is 25.8. The molecule has 0 radical (unpaired) electrons. The summed E-state index contributed by atoms with van der Waals surface area (Å²) in [5.41, 5.74) is 0.394. The maximum absolute atomic E-state index is 12.3. The van der Waals surface area contributed by atoms with Crippen LogP contribution in [0.15, 0.2) is 24.3 Å². The number of carbonyl (C=O) groups is 2. The van der Waals surface area contributed by atoms with Crippen LogP contribution in [0.25, 0.3) is 0 Å². The number of halogens is 1. The maximum Gasteiger partial charge on any atom is 0.408 e. The molecular formula is C16H21ClN2O3. The molecule has 1 N–H and O–H groups in total. The highest BCUT2D eigenvalue weighted by molar-refractivity contribution is 6.30. The number of likely N-dealkylation sites (tertiary alicyclic amines) is 1. The summed E-state index contributed by atoms with van der Waals surface area (Å²) in [5.74, 6) is -0.0918. The quantitative estimate of drug-likeness (QED) is 0.930. The van der Waals surface area contributed by atoms with Crippen molar-refractivity contribution in [1.82, 2.24) is 10.2 Å². The Kier molecular flexibility index (Phi) is 4.96. The minimum absolute atomic E-state index is 0.0918. The SMILES string of the molecule is CC(C)(C)OC(=O)N[C@H]1CCN(Cc2cccc(Cl)c2)C1=O. The highest BCUT2D eigenvalue weighted by atomic mass is 35.5. The minimum Gasteiger partial charge on any atom is -0.444 e. The molecule has 1 saturated heterocycles. The summed E-state index contributed by atoms with van der Waals surface area (Å²) in [5, 5.41) is 3.28. The Hall–Kier alpha value is -1.75. The first-order valence-electron chi connectivity index (χ1n) is 7.27. The van der Waals surface area contributed by atoms with Gasteiger partial charge >= 0.3 is 6.09 Å². The molecule has 22 heavy (non-hydrogen) atoms. The lowest BCUT2D eigenvalue weighted by atomic mass is 10.2. The van der Waals surface area contributed by atoms with E-state index in [0.29, 0.717) is 24.5 Å². The zero-order valence-corrected chi connectivity index (χ0v) is 13.8. The molecule has 120 valence electrons. The van der Waals surface area contributed by atoms with E-state index in [1.165, 1.54) is 0 Å². The summed E-state index contributed by atoms with van der Waals surface area (Å²) >= 11 is 5.95. The molecule has 2 amide bonds. The summed E-state index contributed by atoms with van der Waals surface area (Å²) in [7, 11) is 0. The van der Waals surface area contributed by atoms with Crippen molar-refractivity contribution in [3.8, 4) is 0 Å². The van der Waals surface area contributed by atoms with Gasteiger partial charge in [-0.1, -0.05) is 23.7 Å². The van der Waals surface area contributed by atoms with Crippen molar-refractivity contribution in [2.75, 3.05) is 6.54 Å². The molecule has 1 aromatic carbocycles. The fourth-order valence-corrected chi connectivity index (χ4v) is 2.55. The number of hydrogen-bond acceptors (Lipinski definition) is 3. The van der Waals surface area contributed by atoms with Gasteiger partial charge in [-0.25, -0.2) is 4.79 Å². The zero-order chi connectivity index (χ0) is 16.3. The van der Waals surface area contributed by atoms with E-state index >= 15 is 0 Å². The fourth-order valence-electron chi connectivity index (χ4n) is 2.34. The van der Waals surface area contributed by atoms with Crippen LogP contribution in [0.1, 0.15) is 32.8 Å². The Balaban J connectivity index is 1.91. The second kappa shape index (κ2) is 6.57. The molecule has 1 aliphatic rings. The van der Waals surface area contributed by atoms with Gasteiger partial charge in [-0.2, -0.15) is 0 Å². The van der Waals surface area contributed by atoms with Crippen LogP contribution in [0, 0.1) is 0 Å². The van der Waals surface area contributed by atoms with Gasteiger partial charge in [0.1, 0.15) is 11.6 Å². The van der Waals surface area contributed by atoms with E-state index in [2.05, 4.69) is 5.32 Å². The first-order chi connectivity index (χ1) is 10.2. The topological polar surface area (TPSA) is 58.6 Å². The number of alkyl carbamates (subject to hydrolysis) is 1. The summed E-state index contributed by atoms with van der Waals surface area (Å²) < 4.78 is 5.18. The van der Waals surface area contributed by atoms with Gasteiger partial charge in [0.15, 0.2) is 0 Å². The molecule has 0 aliphatic carbocycles. The first-order valence-corrected chi connectivity index (χ1v) is 7.65. The summed E-state index contributed by atoms with van der Waals surface area (Å²) in [6.07, 6.45) is 0.0222. The van der Waals surface area contributed by atoms with Crippen LogP contribution in [0.3, 0.4) is 0 Å². The van der Waals surface area contributed by atoms with Crippen LogP contribution in [0.4, 0.5) is 4.79 Å². The Morgan fingerprint density at radius 2 is 2.18 bits per heavy atom. The Labute approximate surface area is 135 Å². The molecule has 1 aromatic rings. The third-order valence-electron chi connectivity index (χ3n) is 3.25. The van der Waals surface area contributed by atoms with E-state index in [4.69, 9.17) is 16.3 Å². The number of carbonyl (C=O) groups excluding carboxylic acids is 2. The molecule has 1 fully saturated rings. The zero-order valence-electron chi connectivity index (χ0n) is 13.1. The van der Waals surface area contributed by atoms with Gasteiger partial charge < -0.3 is 15.0 Å². The minimum atomic E-state index is -0.577. The molecule has 6 heteroatoms. The largest absolute Gasteiger partial charge is 0.444 e. The van der Waals surface area contributed by atoms with Crippen molar-refractivity contribution in [3.63, 3.8) is 0 Å². The highest BCUT2D eigenvalue weighted by Gasteiger charge is 2.33. The number of nitrogens with one attached hydrogen (secondary N) is 1. The number of nitrogens with zero attached hydrogens (tertiary/aromatic N) is 1. The molecule has 0 aromatic heterocycles. The molecule has 5 nitrogen and oxygen atoms in total. The first kappa shape index (κ1) is 16.6. The van der Waals surface area contributed by atoms with E-state index in [1.54, 1.807) is 31.7 Å². The molecule has 0 bridgehead atoms. The Bertz CT molecular complexity index is 569.